The van der Waals surface area contributed by atoms with Crippen molar-refractivity contribution in [3.8, 4) is 0 Å². The van der Waals surface area contributed by atoms with Crippen molar-refractivity contribution >= 4 is 21.8 Å². The zero-order chi connectivity index (χ0) is 26.3. The Morgan fingerprint density at radius 3 is 2.25 bits per heavy atom. The topological polar surface area (TPSA) is 53.1 Å². The number of nitrogens with one attached hydrogen (secondary N) is 2. The standard InChI is InChI=1S/C28H41F3N4O/c1-20-21(2)35(18-11-9-7-5-6-8-10-16-34(4)17-12-15-32-3)24-14-13-23-27(26(20)24)22(28(29,30)31)19-25(36)33-23/h13-14,19,32H,5-12,15-18H2,1-4H3,(H,33,36). The number of nitrogens with zero attached hydrogens (tertiary/aromatic N) is 2. The third-order valence-corrected chi connectivity index (χ3v) is 7.29. The molecule has 0 fully saturated rings. The number of rotatable bonds is 14. The van der Waals surface area contributed by atoms with Gasteiger partial charge >= 0.3 is 6.18 Å². The van der Waals surface area contributed by atoms with Gasteiger partial charge in [-0.15, -0.1) is 0 Å². The van der Waals surface area contributed by atoms with Crippen molar-refractivity contribution in [1.82, 2.24) is 19.8 Å². The van der Waals surface area contributed by atoms with Crippen LogP contribution >= 0.6 is 0 Å². The monoisotopic (exact) mass is 506 g/mol. The molecule has 8 heteroatoms. The number of hydrogen-bond acceptors (Lipinski definition) is 3. The fourth-order valence-electron chi connectivity index (χ4n) is 5.20. The quantitative estimate of drug-likeness (QED) is 0.249. The summed E-state index contributed by atoms with van der Waals surface area (Å²) < 4.78 is 43.5. The Kier molecular flexibility index (Phi) is 10.0. The van der Waals surface area contributed by atoms with Gasteiger partial charge in [0.1, 0.15) is 0 Å². The van der Waals surface area contributed by atoms with Crippen molar-refractivity contribution in [3.05, 3.63) is 45.4 Å². The predicted octanol–water partition coefficient (Wildman–Crippen LogP) is 6.39. The van der Waals surface area contributed by atoms with Crippen LogP contribution in [0.5, 0.6) is 0 Å². The van der Waals surface area contributed by atoms with E-state index < -0.39 is 17.3 Å². The van der Waals surface area contributed by atoms with Gasteiger partial charge in [-0.3, -0.25) is 4.79 Å². The third-order valence-electron chi connectivity index (χ3n) is 7.29. The molecular formula is C28H41F3N4O. The Labute approximate surface area is 212 Å². The van der Waals surface area contributed by atoms with Crippen LogP contribution in [0.15, 0.2) is 23.0 Å². The second-order valence-corrected chi connectivity index (χ2v) is 10.0. The number of pyridine rings is 1. The highest BCUT2D eigenvalue weighted by Crippen LogP contribution is 2.39. The van der Waals surface area contributed by atoms with Gasteiger partial charge < -0.3 is 19.8 Å². The average Bonchev–Trinajstić information content (AvgIpc) is 3.06. The zero-order valence-electron chi connectivity index (χ0n) is 22.2. The van der Waals surface area contributed by atoms with Gasteiger partial charge in [0.15, 0.2) is 0 Å². The Hall–Kier alpha value is -2.32. The maximum atomic E-state index is 13.8. The first-order valence-corrected chi connectivity index (χ1v) is 13.2. The number of hydrogen-bond donors (Lipinski definition) is 2. The lowest BCUT2D eigenvalue weighted by molar-refractivity contribution is -0.136. The molecule has 36 heavy (non-hydrogen) atoms. The Bertz CT molecular complexity index is 1200. The highest BCUT2D eigenvalue weighted by atomic mass is 19.4. The Morgan fingerprint density at radius 2 is 1.58 bits per heavy atom. The van der Waals surface area contributed by atoms with E-state index in [1.807, 2.05) is 27.0 Å². The van der Waals surface area contributed by atoms with Gasteiger partial charge in [-0.25, -0.2) is 0 Å². The van der Waals surface area contributed by atoms with E-state index in [4.69, 9.17) is 0 Å². The van der Waals surface area contributed by atoms with Gasteiger partial charge in [0, 0.05) is 40.1 Å². The van der Waals surface area contributed by atoms with Crippen LogP contribution < -0.4 is 10.9 Å². The summed E-state index contributed by atoms with van der Waals surface area (Å²) in [4.78, 5) is 16.8. The van der Waals surface area contributed by atoms with E-state index >= 15 is 0 Å². The molecule has 0 bridgehead atoms. The molecular weight excluding hydrogens is 465 g/mol. The summed E-state index contributed by atoms with van der Waals surface area (Å²) in [6.45, 7) is 7.98. The molecule has 3 aromatic rings. The van der Waals surface area contributed by atoms with Crippen LogP contribution in [-0.4, -0.2) is 48.2 Å². The van der Waals surface area contributed by atoms with E-state index in [0.29, 0.717) is 11.5 Å². The van der Waals surface area contributed by atoms with Crippen LogP contribution in [0, 0.1) is 13.8 Å². The predicted molar refractivity (Wildman–Crippen MR) is 143 cm³/mol. The summed E-state index contributed by atoms with van der Waals surface area (Å²) in [6.07, 6.45) is 4.84. The van der Waals surface area contributed by atoms with Gasteiger partial charge in [-0.2, -0.15) is 13.2 Å². The van der Waals surface area contributed by atoms with Crippen molar-refractivity contribution in [1.29, 1.82) is 0 Å². The summed E-state index contributed by atoms with van der Waals surface area (Å²) >= 11 is 0. The van der Waals surface area contributed by atoms with Gasteiger partial charge in [0.2, 0.25) is 5.56 Å². The van der Waals surface area contributed by atoms with E-state index in [1.54, 1.807) is 6.07 Å². The van der Waals surface area contributed by atoms with E-state index in [0.717, 1.165) is 55.8 Å². The molecule has 0 saturated heterocycles. The lowest BCUT2D eigenvalue weighted by Gasteiger charge is -2.16. The van der Waals surface area contributed by atoms with Crippen LogP contribution in [0.25, 0.3) is 21.8 Å². The maximum absolute atomic E-state index is 13.8. The van der Waals surface area contributed by atoms with Crippen LogP contribution in [0.1, 0.15) is 68.2 Å². The number of H-pyrrole nitrogens is 1. The van der Waals surface area contributed by atoms with Crippen molar-refractivity contribution < 1.29 is 13.2 Å². The average molecular weight is 507 g/mol. The van der Waals surface area contributed by atoms with Crippen LogP contribution in [-0.2, 0) is 12.7 Å². The number of halogens is 3. The van der Waals surface area contributed by atoms with Crippen molar-refractivity contribution in [2.45, 2.75) is 77.9 Å². The molecule has 0 spiro atoms. The molecule has 1 aromatic carbocycles. The largest absolute Gasteiger partial charge is 0.417 e. The lowest BCUT2D eigenvalue weighted by atomic mass is 10.0. The van der Waals surface area contributed by atoms with Gasteiger partial charge in [0.05, 0.1) is 5.56 Å². The number of alkyl halides is 3. The molecule has 200 valence electrons. The molecule has 2 N–H and O–H groups in total. The van der Waals surface area contributed by atoms with Crippen molar-refractivity contribution in [2.24, 2.45) is 0 Å². The highest BCUT2D eigenvalue weighted by Gasteiger charge is 2.34. The molecule has 0 amide bonds. The first kappa shape index (κ1) is 28.3. The Balaban J connectivity index is 1.56. The summed E-state index contributed by atoms with van der Waals surface area (Å²) in [6, 6.07) is 4.11. The summed E-state index contributed by atoms with van der Waals surface area (Å²) in [7, 11) is 4.18. The first-order chi connectivity index (χ1) is 17.1. The number of unbranched alkanes of at least 4 members (excludes halogenated alkanes) is 6. The fourth-order valence-corrected chi connectivity index (χ4v) is 5.20. The first-order valence-electron chi connectivity index (χ1n) is 13.2. The molecule has 0 saturated carbocycles. The SMILES string of the molecule is CNCCCN(C)CCCCCCCCCn1c(C)c(C)c2c3c(C(F)(F)F)cc(=O)[nH]c3ccc21. The molecule has 0 radical (unpaired) electrons. The minimum absolute atomic E-state index is 0.0895. The molecule has 0 unspecified atom stereocenters. The second kappa shape index (κ2) is 12.8. The summed E-state index contributed by atoms with van der Waals surface area (Å²) in [5, 5.41) is 3.86. The summed E-state index contributed by atoms with van der Waals surface area (Å²) in [5.41, 5.74) is 1.25. The van der Waals surface area contributed by atoms with Gasteiger partial charge in [-0.05, 0) is 84.5 Å². The molecule has 5 nitrogen and oxygen atoms in total. The van der Waals surface area contributed by atoms with Crippen LogP contribution in [0.3, 0.4) is 0 Å². The van der Waals surface area contributed by atoms with E-state index in [2.05, 4.69) is 26.8 Å². The number of aromatic amines is 1. The highest BCUT2D eigenvalue weighted by molar-refractivity contribution is 6.09. The minimum Gasteiger partial charge on any atom is -0.345 e. The number of aryl methyl sites for hydroxylation is 2. The number of benzene rings is 1. The lowest BCUT2D eigenvalue weighted by Crippen LogP contribution is -2.23. The van der Waals surface area contributed by atoms with E-state index in [9.17, 15) is 18.0 Å². The molecule has 0 aliphatic carbocycles. The van der Waals surface area contributed by atoms with E-state index in [1.165, 1.54) is 38.5 Å². The normalized spacial score (nSPS) is 12.4. The van der Waals surface area contributed by atoms with Gasteiger partial charge in [0.25, 0.3) is 0 Å². The molecule has 0 aliphatic heterocycles. The molecule has 0 atom stereocenters. The number of aromatic nitrogens is 2. The second-order valence-electron chi connectivity index (χ2n) is 10.0. The van der Waals surface area contributed by atoms with Crippen molar-refractivity contribution in [3.63, 3.8) is 0 Å². The minimum atomic E-state index is -4.59. The molecule has 0 aliphatic rings. The fraction of sp³-hybridized carbons (Fsp3) is 0.607. The molecule has 2 heterocycles. The van der Waals surface area contributed by atoms with Crippen LogP contribution in [0.2, 0.25) is 0 Å². The van der Waals surface area contributed by atoms with Crippen LogP contribution in [0.4, 0.5) is 13.2 Å². The van der Waals surface area contributed by atoms with Crippen molar-refractivity contribution in [2.75, 3.05) is 33.7 Å². The van der Waals surface area contributed by atoms with E-state index in [-0.39, 0.29) is 10.9 Å². The molecule has 3 rings (SSSR count). The Morgan fingerprint density at radius 1 is 0.944 bits per heavy atom. The zero-order valence-corrected chi connectivity index (χ0v) is 22.2. The number of fused-ring (bicyclic) bond motifs is 3. The molecule has 2 aromatic heterocycles. The smallest absolute Gasteiger partial charge is 0.345 e. The van der Waals surface area contributed by atoms with Gasteiger partial charge in [-0.1, -0.05) is 32.1 Å². The maximum Gasteiger partial charge on any atom is 0.417 e. The summed E-state index contributed by atoms with van der Waals surface area (Å²) in [5.74, 6) is 0. The third kappa shape index (κ3) is 6.91.